The number of piperidine rings is 1. The highest BCUT2D eigenvalue weighted by molar-refractivity contribution is 5.76. The van der Waals surface area contributed by atoms with Crippen LogP contribution in [-0.2, 0) is 9.53 Å². The molecule has 1 N–H and O–H groups in total. The van der Waals surface area contributed by atoms with E-state index < -0.39 is 0 Å². The zero-order valence-electron chi connectivity index (χ0n) is 8.51. The van der Waals surface area contributed by atoms with Gasteiger partial charge in [0, 0.05) is 0 Å². The van der Waals surface area contributed by atoms with Gasteiger partial charge in [0.25, 0.3) is 0 Å². The Morgan fingerprint density at radius 3 is 2.92 bits per heavy atom. The van der Waals surface area contributed by atoms with E-state index in [1.807, 2.05) is 13.8 Å². The molecule has 0 amide bonds. The summed E-state index contributed by atoms with van der Waals surface area (Å²) in [7, 11) is 0. The monoisotopic (exact) mass is 185 g/mol. The van der Waals surface area contributed by atoms with E-state index in [2.05, 4.69) is 5.32 Å². The van der Waals surface area contributed by atoms with Gasteiger partial charge < -0.3 is 10.1 Å². The number of rotatable bonds is 3. The Morgan fingerprint density at radius 1 is 1.62 bits per heavy atom. The van der Waals surface area contributed by atoms with Crippen molar-refractivity contribution in [2.75, 3.05) is 6.54 Å². The first kappa shape index (κ1) is 10.5. The quantitative estimate of drug-likeness (QED) is 0.677. The van der Waals surface area contributed by atoms with Crippen molar-refractivity contribution in [1.29, 1.82) is 0 Å². The van der Waals surface area contributed by atoms with Crippen molar-refractivity contribution >= 4 is 5.97 Å². The van der Waals surface area contributed by atoms with Crippen LogP contribution in [-0.4, -0.2) is 24.7 Å². The minimum absolute atomic E-state index is 0.0521. The predicted octanol–water partition coefficient (Wildman–Crippen LogP) is 1.47. The Balaban J connectivity index is 2.29. The molecule has 1 aliphatic heterocycles. The van der Waals surface area contributed by atoms with E-state index in [-0.39, 0.29) is 18.1 Å². The molecule has 3 heteroatoms. The van der Waals surface area contributed by atoms with E-state index in [0.29, 0.717) is 0 Å². The molecule has 0 bridgehead atoms. The van der Waals surface area contributed by atoms with Crippen LogP contribution in [0.4, 0.5) is 0 Å². The Labute approximate surface area is 79.8 Å². The number of carbonyl (C=O) groups is 1. The predicted molar refractivity (Wildman–Crippen MR) is 51.5 cm³/mol. The molecule has 3 nitrogen and oxygen atoms in total. The molecule has 0 radical (unpaired) electrons. The van der Waals surface area contributed by atoms with Gasteiger partial charge in [-0.3, -0.25) is 4.79 Å². The first-order valence-corrected chi connectivity index (χ1v) is 5.18. The molecule has 0 aliphatic carbocycles. The third-order valence-electron chi connectivity index (χ3n) is 2.49. The Hall–Kier alpha value is -0.570. The number of esters is 1. The lowest BCUT2D eigenvalue weighted by atomic mass is 10.1. The molecule has 0 aromatic heterocycles. The molecule has 1 fully saturated rings. The number of carbonyl (C=O) groups excluding carboxylic acids is 1. The van der Waals surface area contributed by atoms with Crippen molar-refractivity contribution in [1.82, 2.24) is 5.32 Å². The van der Waals surface area contributed by atoms with Gasteiger partial charge in [-0.05, 0) is 32.7 Å². The molecular weight excluding hydrogens is 166 g/mol. The van der Waals surface area contributed by atoms with Crippen molar-refractivity contribution in [3.8, 4) is 0 Å². The maximum Gasteiger partial charge on any atom is 0.323 e. The number of ether oxygens (including phenoxy) is 1. The van der Waals surface area contributed by atoms with Crippen LogP contribution in [0.25, 0.3) is 0 Å². The van der Waals surface area contributed by atoms with Crippen LogP contribution in [0.1, 0.15) is 39.5 Å². The standard InChI is InChI=1S/C10H19NO2/c1-3-8(2)13-10(12)9-6-4-5-7-11-9/h8-9,11H,3-7H2,1-2H3. The highest BCUT2D eigenvalue weighted by Crippen LogP contribution is 2.09. The Bertz CT molecular complexity index is 164. The van der Waals surface area contributed by atoms with Gasteiger partial charge in [0.15, 0.2) is 0 Å². The largest absolute Gasteiger partial charge is 0.462 e. The summed E-state index contributed by atoms with van der Waals surface area (Å²) in [4.78, 5) is 11.5. The van der Waals surface area contributed by atoms with Gasteiger partial charge in [0.1, 0.15) is 6.04 Å². The first-order chi connectivity index (χ1) is 6.24. The average molecular weight is 185 g/mol. The molecule has 2 unspecified atom stereocenters. The molecule has 1 aliphatic rings. The molecule has 76 valence electrons. The summed E-state index contributed by atoms with van der Waals surface area (Å²) < 4.78 is 5.24. The topological polar surface area (TPSA) is 38.3 Å². The minimum atomic E-state index is -0.0750. The summed E-state index contributed by atoms with van der Waals surface area (Å²) in [5.41, 5.74) is 0. The summed E-state index contributed by atoms with van der Waals surface area (Å²) in [6.07, 6.45) is 4.17. The summed E-state index contributed by atoms with van der Waals surface area (Å²) in [6.45, 7) is 4.90. The van der Waals surface area contributed by atoms with E-state index in [0.717, 1.165) is 25.8 Å². The maximum absolute atomic E-state index is 11.5. The van der Waals surface area contributed by atoms with Gasteiger partial charge in [0.2, 0.25) is 0 Å². The highest BCUT2D eigenvalue weighted by Gasteiger charge is 2.22. The second kappa shape index (κ2) is 5.22. The third-order valence-corrected chi connectivity index (χ3v) is 2.49. The minimum Gasteiger partial charge on any atom is -0.462 e. The van der Waals surface area contributed by atoms with Crippen LogP contribution in [0.2, 0.25) is 0 Å². The van der Waals surface area contributed by atoms with E-state index >= 15 is 0 Å². The second-order valence-corrected chi connectivity index (χ2v) is 3.66. The van der Waals surface area contributed by atoms with Crippen LogP contribution in [0, 0.1) is 0 Å². The van der Waals surface area contributed by atoms with Gasteiger partial charge in [-0.2, -0.15) is 0 Å². The number of hydrogen-bond acceptors (Lipinski definition) is 3. The zero-order chi connectivity index (χ0) is 9.68. The molecule has 1 heterocycles. The third kappa shape index (κ3) is 3.35. The van der Waals surface area contributed by atoms with Crippen molar-refractivity contribution < 1.29 is 9.53 Å². The molecular formula is C10H19NO2. The SMILES string of the molecule is CCC(C)OC(=O)C1CCCCN1. The molecule has 0 saturated carbocycles. The van der Waals surface area contributed by atoms with Crippen molar-refractivity contribution in [3.63, 3.8) is 0 Å². The fourth-order valence-electron chi connectivity index (χ4n) is 1.42. The second-order valence-electron chi connectivity index (χ2n) is 3.66. The van der Waals surface area contributed by atoms with Crippen LogP contribution in [0.3, 0.4) is 0 Å². The smallest absolute Gasteiger partial charge is 0.323 e. The van der Waals surface area contributed by atoms with Crippen molar-refractivity contribution in [2.45, 2.75) is 51.7 Å². The molecule has 2 atom stereocenters. The molecule has 0 aromatic carbocycles. The van der Waals surface area contributed by atoms with Crippen LogP contribution < -0.4 is 5.32 Å². The van der Waals surface area contributed by atoms with Crippen molar-refractivity contribution in [3.05, 3.63) is 0 Å². The lowest BCUT2D eigenvalue weighted by Crippen LogP contribution is -2.42. The van der Waals surface area contributed by atoms with E-state index in [1.54, 1.807) is 0 Å². The fraction of sp³-hybridized carbons (Fsp3) is 0.900. The highest BCUT2D eigenvalue weighted by atomic mass is 16.5. The normalized spacial score (nSPS) is 25.2. The number of nitrogens with one attached hydrogen (secondary N) is 1. The summed E-state index contributed by atoms with van der Waals surface area (Å²) in [6, 6.07) is -0.0530. The van der Waals surface area contributed by atoms with Crippen LogP contribution in [0.15, 0.2) is 0 Å². The van der Waals surface area contributed by atoms with Gasteiger partial charge in [-0.25, -0.2) is 0 Å². The molecule has 1 saturated heterocycles. The number of hydrogen-bond donors (Lipinski definition) is 1. The summed E-state index contributed by atoms with van der Waals surface area (Å²) in [5.74, 6) is -0.0750. The van der Waals surface area contributed by atoms with E-state index in [4.69, 9.17) is 4.74 Å². The lowest BCUT2D eigenvalue weighted by molar-refractivity contribution is -0.151. The van der Waals surface area contributed by atoms with E-state index in [9.17, 15) is 4.79 Å². The van der Waals surface area contributed by atoms with Gasteiger partial charge in [-0.1, -0.05) is 13.3 Å². The molecule has 0 aromatic rings. The fourth-order valence-corrected chi connectivity index (χ4v) is 1.42. The van der Waals surface area contributed by atoms with Crippen LogP contribution >= 0.6 is 0 Å². The Morgan fingerprint density at radius 2 is 2.38 bits per heavy atom. The van der Waals surface area contributed by atoms with Gasteiger partial charge in [0.05, 0.1) is 6.10 Å². The zero-order valence-corrected chi connectivity index (χ0v) is 8.51. The average Bonchev–Trinajstić information content (AvgIpc) is 2.19. The summed E-state index contributed by atoms with van der Waals surface area (Å²) >= 11 is 0. The first-order valence-electron chi connectivity index (χ1n) is 5.18. The summed E-state index contributed by atoms with van der Waals surface area (Å²) in [5, 5.41) is 3.17. The van der Waals surface area contributed by atoms with Gasteiger partial charge in [-0.15, -0.1) is 0 Å². The van der Waals surface area contributed by atoms with E-state index in [1.165, 1.54) is 6.42 Å². The molecule has 13 heavy (non-hydrogen) atoms. The molecule has 0 spiro atoms. The van der Waals surface area contributed by atoms with Gasteiger partial charge >= 0.3 is 5.97 Å². The lowest BCUT2D eigenvalue weighted by Gasteiger charge is -2.23. The maximum atomic E-state index is 11.5. The van der Waals surface area contributed by atoms with Crippen LogP contribution in [0.5, 0.6) is 0 Å². The molecule has 1 rings (SSSR count). The Kier molecular flexibility index (Phi) is 4.22. The van der Waals surface area contributed by atoms with Crippen molar-refractivity contribution in [2.24, 2.45) is 0 Å².